The van der Waals surface area contributed by atoms with Crippen LogP contribution in [0.4, 0.5) is 5.69 Å². The number of hydrogen-bond donors (Lipinski definition) is 0. The lowest BCUT2D eigenvalue weighted by Gasteiger charge is -2.23. The van der Waals surface area contributed by atoms with E-state index >= 15 is 0 Å². The molecule has 0 unspecified atom stereocenters. The molecule has 2 aliphatic rings. The zero-order chi connectivity index (χ0) is 19.0. The van der Waals surface area contributed by atoms with E-state index in [4.69, 9.17) is 0 Å². The monoisotopic (exact) mass is 359 g/mol. The Bertz CT molecular complexity index is 971. The van der Waals surface area contributed by atoms with Gasteiger partial charge in [-0.15, -0.1) is 10.2 Å². The van der Waals surface area contributed by atoms with Crippen molar-refractivity contribution in [2.24, 2.45) is 0 Å². The summed E-state index contributed by atoms with van der Waals surface area (Å²) in [4.78, 5) is 2.21. The second-order valence-corrected chi connectivity index (χ2v) is 7.85. The third kappa shape index (κ3) is 2.86. The van der Waals surface area contributed by atoms with Gasteiger partial charge in [-0.05, 0) is 36.6 Å². The highest BCUT2D eigenvalue weighted by atomic mass is 15.3. The van der Waals surface area contributed by atoms with Crippen LogP contribution in [0.2, 0.25) is 0 Å². The van der Waals surface area contributed by atoms with Crippen molar-refractivity contribution in [3.63, 3.8) is 0 Å². The molecular weight excluding hydrogens is 334 g/mol. The van der Waals surface area contributed by atoms with Crippen LogP contribution in [0.1, 0.15) is 50.3 Å². The van der Waals surface area contributed by atoms with Gasteiger partial charge < -0.3 is 9.47 Å². The summed E-state index contributed by atoms with van der Waals surface area (Å²) in [5.74, 6) is 1.70. The van der Waals surface area contributed by atoms with Crippen LogP contribution in [0.25, 0.3) is 5.57 Å². The average molecular weight is 359 g/mol. The predicted molar refractivity (Wildman–Crippen MR) is 107 cm³/mol. The number of anilines is 1. The maximum Gasteiger partial charge on any atom is 0.174 e. The van der Waals surface area contributed by atoms with Crippen molar-refractivity contribution in [1.29, 1.82) is 5.26 Å². The molecule has 0 saturated heterocycles. The largest absolute Gasteiger partial charge is 0.347 e. The second-order valence-electron chi connectivity index (χ2n) is 7.85. The van der Waals surface area contributed by atoms with Crippen LogP contribution in [0.5, 0.6) is 0 Å². The van der Waals surface area contributed by atoms with Gasteiger partial charge in [-0.2, -0.15) is 5.26 Å². The molecule has 0 radical (unpaired) electrons. The molecule has 0 amide bonds. The van der Waals surface area contributed by atoms with Crippen molar-refractivity contribution in [1.82, 2.24) is 14.8 Å². The van der Waals surface area contributed by atoms with Crippen LogP contribution >= 0.6 is 0 Å². The molecule has 5 nitrogen and oxygen atoms in total. The number of likely N-dealkylation sites (N-methyl/N-ethyl adjacent to an activating group) is 1. The minimum atomic E-state index is -0.107. The molecule has 4 rings (SSSR count). The first-order valence-electron chi connectivity index (χ1n) is 9.62. The smallest absolute Gasteiger partial charge is 0.174 e. The number of nitrogens with zero attached hydrogens (tertiary/aromatic N) is 5. The molecule has 27 heavy (non-hydrogen) atoms. The summed E-state index contributed by atoms with van der Waals surface area (Å²) in [6.45, 7) is 5.35. The van der Waals surface area contributed by atoms with Crippen molar-refractivity contribution in [3.05, 3.63) is 59.3 Å². The molecule has 3 heterocycles. The summed E-state index contributed by atoms with van der Waals surface area (Å²) in [6.07, 6.45) is 8.38. The van der Waals surface area contributed by atoms with Gasteiger partial charge in [-0.3, -0.25) is 0 Å². The predicted octanol–water partition coefficient (Wildman–Crippen LogP) is 4.22. The summed E-state index contributed by atoms with van der Waals surface area (Å²) >= 11 is 0. The molecular formula is C22H25N5. The first kappa shape index (κ1) is 17.5. The lowest BCUT2D eigenvalue weighted by atomic mass is 9.83. The number of fused-ring (bicyclic) bond motifs is 2. The van der Waals surface area contributed by atoms with Gasteiger partial charge in [0.25, 0.3) is 0 Å². The van der Waals surface area contributed by atoms with Crippen molar-refractivity contribution < 1.29 is 0 Å². The zero-order valence-corrected chi connectivity index (χ0v) is 16.2. The summed E-state index contributed by atoms with van der Waals surface area (Å²) < 4.78 is 2.12. The molecule has 0 saturated carbocycles. The molecule has 0 spiro atoms. The summed E-state index contributed by atoms with van der Waals surface area (Å²) in [6, 6.07) is 10.8. The molecule has 0 atom stereocenters. The normalized spacial score (nSPS) is 20.1. The Hall–Kier alpha value is -2.87. The molecule has 0 aliphatic carbocycles. The Morgan fingerprint density at radius 1 is 1.19 bits per heavy atom. The van der Waals surface area contributed by atoms with Crippen molar-refractivity contribution in [3.8, 4) is 6.07 Å². The van der Waals surface area contributed by atoms with Crippen LogP contribution < -0.4 is 4.90 Å². The molecule has 138 valence electrons. The van der Waals surface area contributed by atoms with Gasteiger partial charge in [0.1, 0.15) is 11.9 Å². The molecule has 0 N–H and O–H groups in total. The van der Waals surface area contributed by atoms with Crippen molar-refractivity contribution >= 4 is 11.3 Å². The Morgan fingerprint density at radius 2 is 2.00 bits per heavy atom. The number of allylic oxidation sites excluding steroid dienone is 4. The fourth-order valence-electron chi connectivity index (χ4n) is 4.31. The van der Waals surface area contributed by atoms with Crippen molar-refractivity contribution in [2.75, 3.05) is 11.9 Å². The lowest BCUT2D eigenvalue weighted by Crippen LogP contribution is -2.22. The van der Waals surface area contributed by atoms with E-state index in [-0.39, 0.29) is 5.41 Å². The number of aromatic nitrogens is 3. The highest BCUT2D eigenvalue weighted by Gasteiger charge is 2.37. The van der Waals surface area contributed by atoms with E-state index in [2.05, 4.69) is 77.0 Å². The Morgan fingerprint density at radius 3 is 2.78 bits per heavy atom. The van der Waals surface area contributed by atoms with E-state index in [1.807, 2.05) is 6.08 Å². The number of hydrogen-bond acceptors (Lipinski definition) is 4. The third-order valence-corrected chi connectivity index (χ3v) is 5.82. The van der Waals surface area contributed by atoms with Crippen LogP contribution in [-0.4, -0.2) is 21.8 Å². The molecule has 2 aromatic rings. The van der Waals surface area contributed by atoms with Gasteiger partial charge in [0, 0.05) is 36.8 Å². The second kappa shape index (κ2) is 6.70. The molecule has 0 fully saturated rings. The van der Waals surface area contributed by atoms with Crippen LogP contribution in [0.3, 0.4) is 0 Å². The average Bonchev–Trinajstić information content (AvgIpc) is 3.02. The van der Waals surface area contributed by atoms with E-state index in [0.717, 1.165) is 31.6 Å². The van der Waals surface area contributed by atoms with Gasteiger partial charge in [-0.1, -0.05) is 38.5 Å². The molecule has 5 heteroatoms. The van der Waals surface area contributed by atoms with Crippen LogP contribution in [-0.2, 0) is 18.4 Å². The van der Waals surface area contributed by atoms with E-state index < -0.39 is 0 Å². The van der Waals surface area contributed by atoms with Gasteiger partial charge >= 0.3 is 0 Å². The van der Waals surface area contributed by atoms with Gasteiger partial charge in [0.15, 0.2) is 5.82 Å². The molecule has 1 aromatic carbocycles. The maximum atomic E-state index is 9.77. The van der Waals surface area contributed by atoms with Gasteiger partial charge in [0.2, 0.25) is 0 Å². The number of aryl methyl sites for hydroxylation is 1. The topological polar surface area (TPSA) is 57.7 Å². The van der Waals surface area contributed by atoms with Crippen LogP contribution in [0, 0.1) is 11.3 Å². The summed E-state index contributed by atoms with van der Waals surface area (Å²) in [7, 11) is 2.09. The van der Waals surface area contributed by atoms with E-state index in [1.165, 1.54) is 23.4 Å². The van der Waals surface area contributed by atoms with E-state index in [9.17, 15) is 5.26 Å². The maximum absolute atomic E-state index is 9.77. The molecule has 1 aromatic heterocycles. The molecule has 0 bridgehead atoms. The first-order chi connectivity index (χ1) is 13.0. The standard InChI is InChI=1S/C22H25N5/c1-22(2)17-9-6-7-10-18(17)26(3)19(22)13-12-16(15-23)21-25-24-20-11-5-4-8-14-27(20)21/h6-7,9-10,12-13H,4-5,8,11,14H2,1-3H3. The Kier molecular flexibility index (Phi) is 4.35. The van der Waals surface area contributed by atoms with Gasteiger partial charge in [-0.25, -0.2) is 0 Å². The zero-order valence-electron chi connectivity index (χ0n) is 16.2. The summed E-state index contributed by atoms with van der Waals surface area (Å²) in [5.41, 5.74) is 4.17. The quantitative estimate of drug-likeness (QED) is 0.753. The minimum Gasteiger partial charge on any atom is -0.347 e. The van der Waals surface area contributed by atoms with E-state index in [0.29, 0.717) is 11.4 Å². The fraction of sp³-hybridized carbons (Fsp3) is 0.409. The van der Waals surface area contributed by atoms with Crippen molar-refractivity contribution in [2.45, 2.75) is 51.5 Å². The SMILES string of the molecule is CN1C(=CC=C(C#N)c2nnc3n2CCCCC3)C(C)(C)c2ccccc21. The fourth-order valence-corrected chi connectivity index (χ4v) is 4.31. The first-order valence-corrected chi connectivity index (χ1v) is 9.62. The summed E-state index contributed by atoms with van der Waals surface area (Å²) in [5, 5.41) is 18.4. The van der Waals surface area contributed by atoms with Crippen LogP contribution in [0.15, 0.2) is 42.1 Å². The highest BCUT2D eigenvalue weighted by molar-refractivity contribution is 5.76. The van der Waals surface area contributed by atoms with E-state index in [1.54, 1.807) is 0 Å². The molecule has 2 aliphatic heterocycles. The van der Waals surface area contributed by atoms with Gasteiger partial charge in [0.05, 0.1) is 5.57 Å². The lowest BCUT2D eigenvalue weighted by molar-refractivity contribution is 0.627. The highest BCUT2D eigenvalue weighted by Crippen LogP contribution is 2.46. The Balaban J connectivity index is 1.73. The minimum absolute atomic E-state index is 0.107. The number of rotatable bonds is 2. The number of para-hydroxylation sites is 1. The third-order valence-electron chi connectivity index (χ3n) is 5.82. The Labute approximate surface area is 160 Å². The number of nitriles is 1. The number of benzene rings is 1.